The van der Waals surface area contributed by atoms with Gasteiger partial charge in [-0.3, -0.25) is 0 Å². The van der Waals surface area contributed by atoms with Crippen LogP contribution in [0.1, 0.15) is 22.2 Å². The van der Waals surface area contributed by atoms with E-state index >= 15 is 0 Å². The fourth-order valence-corrected chi connectivity index (χ4v) is 1.65. The number of halogens is 1. The van der Waals surface area contributed by atoms with Gasteiger partial charge in [-0.05, 0) is 6.92 Å². The molecule has 13 heavy (non-hydrogen) atoms. The summed E-state index contributed by atoms with van der Waals surface area (Å²) in [4.78, 5) is 11.4. The summed E-state index contributed by atoms with van der Waals surface area (Å²) < 4.78 is 16.9. The molecule has 0 amide bonds. The Morgan fingerprint density at radius 2 is 2.46 bits per heavy atom. The van der Waals surface area contributed by atoms with Crippen LogP contribution in [0.5, 0.6) is 5.75 Å². The Morgan fingerprint density at radius 3 is 3.00 bits per heavy atom. The van der Waals surface area contributed by atoms with E-state index in [0.717, 1.165) is 11.3 Å². The summed E-state index contributed by atoms with van der Waals surface area (Å²) in [7, 11) is 0. The third-order valence-corrected chi connectivity index (χ3v) is 2.39. The van der Waals surface area contributed by atoms with Gasteiger partial charge in [-0.15, -0.1) is 11.3 Å². The monoisotopic (exact) mass is 204 g/mol. The van der Waals surface area contributed by atoms with Crippen LogP contribution in [0.25, 0.3) is 0 Å². The van der Waals surface area contributed by atoms with Crippen molar-refractivity contribution in [2.75, 3.05) is 6.61 Å². The Labute approximate surface area is 78.8 Å². The van der Waals surface area contributed by atoms with Gasteiger partial charge < -0.3 is 9.84 Å². The van der Waals surface area contributed by atoms with Crippen molar-refractivity contribution in [3.05, 3.63) is 15.8 Å². The number of thiophene rings is 1. The molecule has 5 heteroatoms. The molecule has 1 N–H and O–H groups in total. The van der Waals surface area contributed by atoms with E-state index in [1.807, 2.05) is 0 Å². The van der Waals surface area contributed by atoms with E-state index in [9.17, 15) is 14.3 Å². The summed E-state index contributed by atoms with van der Waals surface area (Å²) in [6.07, 6.45) is 0. The number of ether oxygens (including phenoxy) is 1. The van der Waals surface area contributed by atoms with Crippen molar-refractivity contribution in [3.8, 4) is 5.75 Å². The van der Waals surface area contributed by atoms with Crippen molar-refractivity contribution in [1.29, 1.82) is 0 Å². The highest BCUT2D eigenvalue weighted by atomic mass is 32.1. The second-order valence-corrected chi connectivity index (χ2v) is 3.24. The van der Waals surface area contributed by atoms with Crippen molar-refractivity contribution in [2.24, 2.45) is 0 Å². The van der Waals surface area contributed by atoms with Gasteiger partial charge in [0.1, 0.15) is 18.0 Å². The van der Waals surface area contributed by atoms with Crippen molar-refractivity contribution in [3.63, 3.8) is 0 Å². The Balaban J connectivity index is 2.96. The Morgan fingerprint density at radius 1 is 1.77 bits per heavy atom. The van der Waals surface area contributed by atoms with E-state index in [-0.39, 0.29) is 22.8 Å². The molecule has 0 aliphatic heterocycles. The fraction of sp³-hybridized carbons (Fsp3) is 0.375. The van der Waals surface area contributed by atoms with Crippen LogP contribution in [0.2, 0.25) is 0 Å². The quantitative estimate of drug-likeness (QED) is 0.767. The van der Waals surface area contributed by atoms with E-state index < -0.39 is 12.6 Å². The highest BCUT2D eigenvalue weighted by Crippen LogP contribution is 2.29. The van der Waals surface area contributed by atoms with E-state index in [1.54, 1.807) is 6.92 Å². The number of hydrogen-bond acceptors (Lipinski definition) is 4. The Kier molecular flexibility index (Phi) is 3.25. The lowest BCUT2D eigenvalue weighted by Crippen LogP contribution is -2.05. The molecule has 0 atom stereocenters. The molecule has 0 saturated heterocycles. The zero-order valence-electron chi connectivity index (χ0n) is 7.04. The first-order valence-corrected chi connectivity index (χ1v) is 4.61. The van der Waals surface area contributed by atoms with Crippen molar-refractivity contribution < 1.29 is 19.0 Å². The molecular weight excluding hydrogens is 195 g/mol. The van der Waals surface area contributed by atoms with Crippen molar-refractivity contribution >= 4 is 17.3 Å². The van der Waals surface area contributed by atoms with Crippen molar-refractivity contribution in [1.82, 2.24) is 0 Å². The zero-order chi connectivity index (χ0) is 9.84. The molecule has 0 bridgehead atoms. The first-order valence-electron chi connectivity index (χ1n) is 3.73. The average Bonchev–Trinajstić information content (AvgIpc) is 2.47. The largest absolute Gasteiger partial charge is 0.506 e. The Hall–Kier alpha value is -1.10. The van der Waals surface area contributed by atoms with Gasteiger partial charge in [0.05, 0.1) is 11.5 Å². The first-order chi connectivity index (χ1) is 6.20. The van der Waals surface area contributed by atoms with Gasteiger partial charge >= 0.3 is 5.97 Å². The summed E-state index contributed by atoms with van der Waals surface area (Å²) in [5.41, 5.74) is -0.0469. The fourth-order valence-electron chi connectivity index (χ4n) is 0.908. The number of hydrogen-bond donors (Lipinski definition) is 1. The number of carbonyl (C=O) groups excluding carboxylic acids is 1. The summed E-state index contributed by atoms with van der Waals surface area (Å²) in [6.45, 7) is 1.09. The lowest BCUT2D eigenvalue weighted by atomic mass is 10.2. The normalized spacial score (nSPS) is 10.0. The molecule has 0 saturated carbocycles. The maximum absolute atomic E-state index is 12.3. The van der Waals surface area contributed by atoms with Gasteiger partial charge in [0.25, 0.3) is 0 Å². The molecule has 0 spiro atoms. The zero-order valence-corrected chi connectivity index (χ0v) is 7.86. The molecule has 0 unspecified atom stereocenters. The molecule has 3 nitrogen and oxygen atoms in total. The third kappa shape index (κ3) is 1.98. The molecule has 1 rings (SSSR count). The molecule has 72 valence electrons. The summed E-state index contributed by atoms with van der Waals surface area (Å²) in [5, 5.41) is 10.5. The molecule has 0 aromatic carbocycles. The summed E-state index contributed by atoms with van der Waals surface area (Å²) in [6, 6.07) is 0. The van der Waals surface area contributed by atoms with Crippen LogP contribution >= 0.6 is 11.3 Å². The Bertz CT molecular complexity index is 308. The van der Waals surface area contributed by atoms with Crippen LogP contribution in [-0.2, 0) is 11.4 Å². The van der Waals surface area contributed by atoms with Gasteiger partial charge in [-0.2, -0.15) is 0 Å². The van der Waals surface area contributed by atoms with Crippen LogP contribution in [0, 0.1) is 0 Å². The maximum atomic E-state index is 12.3. The molecule has 0 aliphatic rings. The predicted octanol–water partition coefficient (Wildman–Crippen LogP) is 2.10. The standard InChI is InChI=1S/C8H9FO3S/c1-2-12-8(11)7-5(10)4-13-6(7)3-9/h4,10H,2-3H2,1H3. The van der Waals surface area contributed by atoms with E-state index in [0.29, 0.717) is 0 Å². The molecule has 0 radical (unpaired) electrons. The van der Waals surface area contributed by atoms with Crippen LogP contribution in [0.15, 0.2) is 5.38 Å². The van der Waals surface area contributed by atoms with Gasteiger partial charge in [-0.25, -0.2) is 9.18 Å². The van der Waals surface area contributed by atoms with Crippen LogP contribution in [-0.4, -0.2) is 17.7 Å². The van der Waals surface area contributed by atoms with Gasteiger partial charge in [0, 0.05) is 5.38 Å². The predicted molar refractivity (Wildman–Crippen MR) is 46.8 cm³/mol. The van der Waals surface area contributed by atoms with Crippen LogP contribution in [0.3, 0.4) is 0 Å². The lowest BCUT2D eigenvalue weighted by molar-refractivity contribution is 0.0522. The molecular formula is C8H9FO3S. The highest BCUT2D eigenvalue weighted by molar-refractivity contribution is 7.10. The average molecular weight is 204 g/mol. The van der Waals surface area contributed by atoms with Crippen LogP contribution < -0.4 is 0 Å². The first kappa shape index (κ1) is 9.98. The number of carbonyl (C=O) groups is 1. The molecule has 1 aromatic rings. The molecule has 0 fully saturated rings. The summed E-state index contributed by atoms with van der Waals surface area (Å²) in [5.74, 6) is -0.884. The minimum atomic E-state index is -0.765. The van der Waals surface area contributed by atoms with E-state index in [1.165, 1.54) is 5.38 Å². The highest BCUT2D eigenvalue weighted by Gasteiger charge is 2.19. The number of rotatable bonds is 3. The maximum Gasteiger partial charge on any atom is 0.343 e. The van der Waals surface area contributed by atoms with Crippen LogP contribution in [0.4, 0.5) is 4.39 Å². The smallest absolute Gasteiger partial charge is 0.343 e. The molecule has 1 aromatic heterocycles. The third-order valence-electron chi connectivity index (χ3n) is 1.45. The molecule has 0 aliphatic carbocycles. The molecule has 1 heterocycles. The SMILES string of the molecule is CCOC(=O)c1c(O)csc1CF. The number of esters is 1. The second-order valence-electron chi connectivity index (χ2n) is 2.27. The van der Waals surface area contributed by atoms with Gasteiger partial charge in [0.2, 0.25) is 0 Å². The lowest BCUT2D eigenvalue weighted by Gasteiger charge is -2.01. The number of alkyl halides is 1. The number of aromatic hydroxyl groups is 1. The van der Waals surface area contributed by atoms with E-state index in [2.05, 4.69) is 4.74 Å². The second kappa shape index (κ2) is 4.23. The minimum Gasteiger partial charge on any atom is -0.506 e. The topological polar surface area (TPSA) is 46.5 Å². The van der Waals surface area contributed by atoms with Gasteiger partial charge in [-0.1, -0.05) is 0 Å². The minimum absolute atomic E-state index is 0.0469. The summed E-state index contributed by atoms with van der Waals surface area (Å²) >= 11 is 1.00. The van der Waals surface area contributed by atoms with E-state index in [4.69, 9.17) is 0 Å². The van der Waals surface area contributed by atoms with Crippen molar-refractivity contribution in [2.45, 2.75) is 13.6 Å². The van der Waals surface area contributed by atoms with Gasteiger partial charge in [0.15, 0.2) is 0 Å².